The molecule has 0 saturated carbocycles. The van der Waals surface area contributed by atoms with Gasteiger partial charge in [0.1, 0.15) is 5.75 Å². The lowest BCUT2D eigenvalue weighted by Crippen LogP contribution is -2.36. The van der Waals surface area contributed by atoms with E-state index >= 15 is 0 Å². The second-order valence-corrected chi connectivity index (χ2v) is 4.79. The van der Waals surface area contributed by atoms with Crippen molar-refractivity contribution in [3.8, 4) is 5.75 Å². The zero-order valence-electron chi connectivity index (χ0n) is 11.1. The molecule has 1 N–H and O–H groups in total. The number of methoxy groups -OCH3 is 1. The van der Waals surface area contributed by atoms with Gasteiger partial charge in [0.2, 0.25) is 0 Å². The summed E-state index contributed by atoms with van der Waals surface area (Å²) in [7, 11) is 1.51. The lowest BCUT2D eigenvalue weighted by Gasteiger charge is -2.32. The van der Waals surface area contributed by atoms with Crippen LogP contribution < -0.4 is 9.64 Å². The maximum Gasteiger partial charge on any atom is 0.276 e. The number of piperidine rings is 1. The van der Waals surface area contributed by atoms with Crippen LogP contribution in [0.15, 0.2) is 12.1 Å². The molecular formula is C13H18N2O4. The van der Waals surface area contributed by atoms with E-state index in [1.165, 1.54) is 13.2 Å². The molecule has 1 aliphatic heterocycles. The second kappa shape index (κ2) is 5.44. The van der Waals surface area contributed by atoms with Gasteiger partial charge in [-0.3, -0.25) is 10.1 Å². The molecule has 2 rings (SSSR count). The van der Waals surface area contributed by atoms with Crippen LogP contribution in [0.5, 0.6) is 5.75 Å². The summed E-state index contributed by atoms with van der Waals surface area (Å²) in [4.78, 5) is 12.6. The minimum absolute atomic E-state index is 0.0673. The number of benzene rings is 1. The quantitative estimate of drug-likeness (QED) is 0.667. The first-order valence-corrected chi connectivity index (χ1v) is 6.29. The van der Waals surface area contributed by atoms with Gasteiger partial charge < -0.3 is 14.7 Å². The van der Waals surface area contributed by atoms with Crippen LogP contribution in [-0.2, 0) is 0 Å². The van der Waals surface area contributed by atoms with Crippen molar-refractivity contribution < 1.29 is 14.8 Å². The summed E-state index contributed by atoms with van der Waals surface area (Å²) in [6.45, 7) is 3.18. The number of aryl methyl sites for hydroxylation is 1. The minimum atomic E-state index is -0.401. The minimum Gasteiger partial charge on any atom is -0.494 e. The molecule has 0 radical (unpaired) electrons. The van der Waals surface area contributed by atoms with Crippen molar-refractivity contribution in [1.29, 1.82) is 0 Å². The molecule has 0 amide bonds. The van der Waals surface area contributed by atoms with Crippen molar-refractivity contribution in [3.05, 3.63) is 27.8 Å². The second-order valence-electron chi connectivity index (χ2n) is 4.79. The molecule has 19 heavy (non-hydrogen) atoms. The van der Waals surface area contributed by atoms with Crippen LogP contribution in [0.4, 0.5) is 11.4 Å². The van der Waals surface area contributed by atoms with E-state index in [2.05, 4.69) is 4.90 Å². The molecule has 1 aromatic carbocycles. The SMILES string of the molecule is COc1cc([N+](=O)[O-])c(C)cc1N1CCC(O)CC1. The predicted molar refractivity (Wildman–Crippen MR) is 71.8 cm³/mol. The Kier molecular flexibility index (Phi) is 3.90. The van der Waals surface area contributed by atoms with Gasteiger partial charge in [-0.1, -0.05) is 0 Å². The molecule has 6 nitrogen and oxygen atoms in total. The van der Waals surface area contributed by atoms with Crippen molar-refractivity contribution >= 4 is 11.4 Å². The number of aliphatic hydroxyl groups excluding tert-OH is 1. The molecule has 1 aliphatic rings. The lowest BCUT2D eigenvalue weighted by atomic mass is 10.1. The van der Waals surface area contributed by atoms with Crippen LogP contribution in [0.25, 0.3) is 0 Å². The van der Waals surface area contributed by atoms with Gasteiger partial charge in [0.25, 0.3) is 5.69 Å². The summed E-state index contributed by atoms with van der Waals surface area (Å²) in [5.74, 6) is 0.508. The molecule has 0 unspecified atom stereocenters. The Morgan fingerprint density at radius 2 is 2.05 bits per heavy atom. The van der Waals surface area contributed by atoms with Gasteiger partial charge in [0, 0.05) is 18.7 Å². The first kappa shape index (κ1) is 13.6. The smallest absolute Gasteiger partial charge is 0.276 e. The third-order valence-corrected chi connectivity index (χ3v) is 3.50. The van der Waals surface area contributed by atoms with Crippen LogP contribution in [-0.4, -0.2) is 36.3 Å². The van der Waals surface area contributed by atoms with E-state index in [-0.39, 0.29) is 11.8 Å². The maximum absolute atomic E-state index is 10.9. The van der Waals surface area contributed by atoms with Crippen molar-refractivity contribution in [1.82, 2.24) is 0 Å². The first-order chi connectivity index (χ1) is 9.02. The Labute approximate surface area is 111 Å². The zero-order chi connectivity index (χ0) is 14.0. The number of aliphatic hydroxyl groups is 1. The normalized spacial score (nSPS) is 16.5. The number of nitro groups is 1. The van der Waals surface area contributed by atoms with Crippen LogP contribution >= 0.6 is 0 Å². The van der Waals surface area contributed by atoms with E-state index in [1.54, 1.807) is 13.0 Å². The Bertz CT molecular complexity index is 482. The fourth-order valence-electron chi connectivity index (χ4n) is 2.38. The summed E-state index contributed by atoms with van der Waals surface area (Å²) in [6, 6.07) is 3.25. The van der Waals surface area contributed by atoms with E-state index < -0.39 is 4.92 Å². The Balaban J connectivity index is 2.34. The third-order valence-electron chi connectivity index (χ3n) is 3.50. The molecule has 104 valence electrons. The molecule has 0 bridgehead atoms. The van der Waals surface area contributed by atoms with Gasteiger partial charge in [0.05, 0.1) is 29.9 Å². The molecule has 0 aliphatic carbocycles. The third kappa shape index (κ3) is 2.78. The van der Waals surface area contributed by atoms with Crippen LogP contribution in [0.1, 0.15) is 18.4 Å². The van der Waals surface area contributed by atoms with Crippen LogP contribution in [0, 0.1) is 17.0 Å². The van der Waals surface area contributed by atoms with E-state index in [9.17, 15) is 15.2 Å². The molecule has 1 fully saturated rings. The number of hydrogen-bond donors (Lipinski definition) is 1. The van der Waals surface area contributed by atoms with Crippen LogP contribution in [0.3, 0.4) is 0 Å². The highest BCUT2D eigenvalue weighted by Crippen LogP contribution is 2.36. The molecule has 6 heteroatoms. The number of rotatable bonds is 3. The van der Waals surface area contributed by atoms with E-state index in [4.69, 9.17) is 4.74 Å². The summed E-state index contributed by atoms with van der Waals surface area (Å²) < 4.78 is 5.26. The summed E-state index contributed by atoms with van der Waals surface area (Å²) in [5.41, 5.74) is 1.54. The maximum atomic E-state index is 10.9. The number of anilines is 1. The van der Waals surface area contributed by atoms with E-state index in [0.717, 1.165) is 18.8 Å². The fraction of sp³-hybridized carbons (Fsp3) is 0.538. The largest absolute Gasteiger partial charge is 0.494 e. The molecule has 0 aromatic heterocycles. The van der Waals surface area contributed by atoms with Gasteiger partial charge >= 0.3 is 0 Å². The fourth-order valence-corrected chi connectivity index (χ4v) is 2.38. The molecular weight excluding hydrogens is 248 g/mol. The molecule has 1 heterocycles. The number of nitro benzene ring substituents is 1. The highest BCUT2D eigenvalue weighted by Gasteiger charge is 2.23. The van der Waals surface area contributed by atoms with Gasteiger partial charge in [-0.2, -0.15) is 0 Å². The number of nitrogens with zero attached hydrogens (tertiary/aromatic N) is 2. The van der Waals surface area contributed by atoms with Crippen molar-refractivity contribution in [3.63, 3.8) is 0 Å². The summed E-state index contributed by atoms with van der Waals surface area (Å²) in [6.07, 6.45) is 1.17. The van der Waals surface area contributed by atoms with Gasteiger partial charge in [-0.05, 0) is 25.8 Å². The number of hydrogen-bond acceptors (Lipinski definition) is 5. The topological polar surface area (TPSA) is 75.8 Å². The van der Waals surface area contributed by atoms with Crippen molar-refractivity contribution in [2.45, 2.75) is 25.9 Å². The Hall–Kier alpha value is -1.82. The molecule has 0 spiro atoms. The van der Waals surface area contributed by atoms with Crippen molar-refractivity contribution in [2.24, 2.45) is 0 Å². The van der Waals surface area contributed by atoms with Crippen LogP contribution in [0.2, 0.25) is 0 Å². The van der Waals surface area contributed by atoms with Crippen molar-refractivity contribution in [2.75, 3.05) is 25.1 Å². The first-order valence-electron chi connectivity index (χ1n) is 6.29. The number of ether oxygens (including phenoxy) is 1. The summed E-state index contributed by atoms with van der Waals surface area (Å²) in [5, 5.41) is 20.4. The summed E-state index contributed by atoms with van der Waals surface area (Å²) >= 11 is 0. The monoisotopic (exact) mass is 266 g/mol. The van der Waals surface area contributed by atoms with Gasteiger partial charge in [-0.15, -0.1) is 0 Å². The highest BCUT2D eigenvalue weighted by molar-refractivity contribution is 5.65. The Morgan fingerprint density at radius 3 is 2.58 bits per heavy atom. The molecule has 1 aromatic rings. The average molecular weight is 266 g/mol. The van der Waals surface area contributed by atoms with E-state index in [1.807, 2.05) is 0 Å². The van der Waals surface area contributed by atoms with Gasteiger partial charge in [0.15, 0.2) is 0 Å². The average Bonchev–Trinajstić information content (AvgIpc) is 2.39. The molecule has 1 saturated heterocycles. The van der Waals surface area contributed by atoms with Gasteiger partial charge in [-0.25, -0.2) is 0 Å². The predicted octanol–water partition coefficient (Wildman–Crippen LogP) is 1.87. The zero-order valence-corrected chi connectivity index (χ0v) is 11.1. The molecule has 0 atom stereocenters. The lowest BCUT2D eigenvalue weighted by molar-refractivity contribution is -0.385. The Morgan fingerprint density at radius 1 is 1.42 bits per heavy atom. The van der Waals surface area contributed by atoms with E-state index in [0.29, 0.717) is 24.2 Å². The standard InChI is InChI=1S/C13H18N2O4/c1-9-7-12(14-5-3-10(16)4-6-14)13(19-2)8-11(9)15(17)18/h7-8,10,16H,3-6H2,1-2H3. The highest BCUT2D eigenvalue weighted by atomic mass is 16.6.